The highest BCUT2D eigenvalue weighted by molar-refractivity contribution is 5.71. The zero-order chi connectivity index (χ0) is 10.1. The lowest BCUT2D eigenvalue weighted by Gasteiger charge is -2.00. The molecule has 4 N–H and O–H groups in total. The average molecular weight is 190 g/mol. The molecule has 14 heavy (non-hydrogen) atoms. The predicted molar refractivity (Wildman–Crippen MR) is 53.8 cm³/mol. The molecule has 0 aliphatic heterocycles. The minimum Gasteiger partial charge on any atom is -0.396 e. The van der Waals surface area contributed by atoms with Crippen LogP contribution in [0.5, 0.6) is 0 Å². The molecule has 0 unspecified atom stereocenters. The molecular weight excluding hydrogens is 180 g/mol. The summed E-state index contributed by atoms with van der Waals surface area (Å²) in [7, 11) is 0. The topological polar surface area (TPSA) is 87.6 Å². The first-order valence-electron chi connectivity index (χ1n) is 4.17. The van der Waals surface area contributed by atoms with Crippen molar-refractivity contribution in [3.8, 4) is 11.3 Å². The van der Waals surface area contributed by atoms with Crippen LogP contribution in [0.25, 0.3) is 11.3 Å². The Kier molecular flexibility index (Phi) is 1.85. The fraction of sp³-hybridized carbons (Fsp3) is 0.111. The zero-order valence-electron chi connectivity index (χ0n) is 7.66. The monoisotopic (exact) mass is 190 g/mol. The largest absolute Gasteiger partial charge is 0.396 e. The van der Waals surface area contributed by atoms with Gasteiger partial charge >= 0.3 is 5.69 Å². The van der Waals surface area contributed by atoms with E-state index in [0.29, 0.717) is 11.4 Å². The van der Waals surface area contributed by atoms with Crippen LogP contribution < -0.4 is 11.4 Å². The Bertz CT molecular complexity index is 512. The Morgan fingerprint density at radius 1 is 1.50 bits per heavy atom. The van der Waals surface area contributed by atoms with E-state index in [1.807, 2.05) is 13.0 Å². The van der Waals surface area contributed by atoms with Gasteiger partial charge in [-0.2, -0.15) is 4.98 Å². The highest BCUT2D eigenvalue weighted by Gasteiger charge is 2.05. The average Bonchev–Trinajstić information content (AvgIpc) is 2.56. The number of hydrogen-bond donors (Lipinski definition) is 3. The summed E-state index contributed by atoms with van der Waals surface area (Å²) in [5.41, 5.74) is 8.23. The number of rotatable bonds is 1. The fourth-order valence-corrected chi connectivity index (χ4v) is 1.30. The number of nitrogens with zero attached hydrogens (tertiary/aromatic N) is 1. The van der Waals surface area contributed by atoms with Crippen LogP contribution in [-0.2, 0) is 0 Å². The minimum atomic E-state index is -0.395. The van der Waals surface area contributed by atoms with Gasteiger partial charge in [-0.25, -0.2) is 4.79 Å². The Hall–Kier alpha value is -2.04. The summed E-state index contributed by atoms with van der Waals surface area (Å²) in [5.74, 6) is 0. The van der Waals surface area contributed by atoms with Crippen LogP contribution in [0.2, 0.25) is 0 Å². The van der Waals surface area contributed by atoms with E-state index in [-0.39, 0.29) is 0 Å². The highest BCUT2D eigenvalue weighted by Crippen LogP contribution is 2.21. The first-order valence-corrected chi connectivity index (χ1v) is 4.17. The molecule has 2 rings (SSSR count). The number of nitrogens with one attached hydrogen (secondary N) is 2. The normalized spacial score (nSPS) is 10.4. The van der Waals surface area contributed by atoms with Gasteiger partial charge in [0.15, 0.2) is 0 Å². The van der Waals surface area contributed by atoms with Gasteiger partial charge in [0.1, 0.15) is 0 Å². The molecule has 72 valence electrons. The van der Waals surface area contributed by atoms with Crippen molar-refractivity contribution in [3.05, 3.63) is 34.6 Å². The Morgan fingerprint density at radius 3 is 2.93 bits per heavy atom. The molecule has 5 nitrogen and oxygen atoms in total. The molecule has 2 heterocycles. The highest BCUT2D eigenvalue weighted by atomic mass is 16.1. The molecule has 0 fully saturated rings. The van der Waals surface area contributed by atoms with Crippen LogP contribution in [0.1, 0.15) is 5.69 Å². The third-order valence-corrected chi connectivity index (χ3v) is 1.96. The zero-order valence-corrected chi connectivity index (χ0v) is 7.66. The fourth-order valence-electron chi connectivity index (χ4n) is 1.30. The molecule has 0 atom stereocenters. The van der Waals surface area contributed by atoms with Gasteiger partial charge in [0.2, 0.25) is 0 Å². The molecule has 0 aliphatic carbocycles. The van der Waals surface area contributed by atoms with E-state index in [1.165, 1.54) is 6.20 Å². The molecule has 0 aliphatic rings. The Labute approximate surface area is 80.0 Å². The Balaban J connectivity index is 2.61. The number of aryl methyl sites for hydroxylation is 1. The van der Waals surface area contributed by atoms with Crippen LogP contribution in [0.15, 0.2) is 23.3 Å². The van der Waals surface area contributed by atoms with Crippen LogP contribution in [0, 0.1) is 6.92 Å². The predicted octanol–water partition coefficient (Wildman–Crippen LogP) is 0.656. The quantitative estimate of drug-likeness (QED) is 0.617. The molecule has 0 radical (unpaired) electrons. The maximum Gasteiger partial charge on any atom is 0.345 e. The van der Waals surface area contributed by atoms with Crippen LogP contribution in [-0.4, -0.2) is 15.0 Å². The molecule has 0 saturated carbocycles. The summed E-state index contributed by atoms with van der Waals surface area (Å²) < 4.78 is 0. The van der Waals surface area contributed by atoms with Gasteiger partial charge in [0.25, 0.3) is 0 Å². The summed E-state index contributed by atoms with van der Waals surface area (Å²) >= 11 is 0. The van der Waals surface area contributed by atoms with E-state index in [4.69, 9.17) is 5.73 Å². The van der Waals surface area contributed by atoms with Crippen molar-refractivity contribution in [1.29, 1.82) is 0 Å². The lowest BCUT2D eigenvalue weighted by Crippen LogP contribution is -2.11. The van der Waals surface area contributed by atoms with Crippen molar-refractivity contribution in [2.45, 2.75) is 6.92 Å². The lowest BCUT2D eigenvalue weighted by molar-refractivity contribution is 1.09. The van der Waals surface area contributed by atoms with Crippen molar-refractivity contribution in [1.82, 2.24) is 15.0 Å². The first kappa shape index (κ1) is 8.55. The van der Waals surface area contributed by atoms with Crippen molar-refractivity contribution in [3.63, 3.8) is 0 Å². The molecule has 2 aromatic rings. The lowest BCUT2D eigenvalue weighted by atomic mass is 10.2. The van der Waals surface area contributed by atoms with Gasteiger partial charge in [-0.15, -0.1) is 0 Å². The molecule has 5 heteroatoms. The van der Waals surface area contributed by atoms with Gasteiger partial charge in [-0.1, -0.05) is 0 Å². The van der Waals surface area contributed by atoms with Gasteiger partial charge < -0.3 is 15.7 Å². The summed E-state index contributed by atoms with van der Waals surface area (Å²) in [5, 5.41) is 0. The van der Waals surface area contributed by atoms with E-state index in [0.717, 1.165) is 11.3 Å². The number of aromatic amines is 2. The Morgan fingerprint density at radius 2 is 2.29 bits per heavy atom. The molecule has 0 aromatic carbocycles. The maximum absolute atomic E-state index is 11.0. The SMILES string of the molecule is Cc1cc(-c2[nH]c(=O)ncc2N)c[nH]1. The number of H-pyrrole nitrogens is 2. The second kappa shape index (κ2) is 3.02. The number of aromatic nitrogens is 3. The summed E-state index contributed by atoms with van der Waals surface area (Å²) in [6.45, 7) is 1.93. The molecule has 0 saturated heterocycles. The molecule has 0 amide bonds. The van der Waals surface area contributed by atoms with Crippen molar-refractivity contribution in [2.75, 3.05) is 5.73 Å². The third-order valence-electron chi connectivity index (χ3n) is 1.96. The minimum absolute atomic E-state index is 0.395. The van der Waals surface area contributed by atoms with Crippen LogP contribution >= 0.6 is 0 Å². The van der Waals surface area contributed by atoms with E-state index >= 15 is 0 Å². The first-order chi connectivity index (χ1) is 6.66. The van der Waals surface area contributed by atoms with E-state index in [2.05, 4.69) is 15.0 Å². The number of hydrogen-bond acceptors (Lipinski definition) is 3. The van der Waals surface area contributed by atoms with Gasteiger partial charge in [-0.3, -0.25) is 0 Å². The van der Waals surface area contributed by atoms with Crippen LogP contribution in [0.3, 0.4) is 0 Å². The molecule has 0 spiro atoms. The number of nitrogen functional groups attached to an aromatic ring is 1. The van der Waals surface area contributed by atoms with Gasteiger partial charge in [0, 0.05) is 17.5 Å². The summed E-state index contributed by atoms with van der Waals surface area (Å²) in [6.07, 6.45) is 3.15. The van der Waals surface area contributed by atoms with Gasteiger partial charge in [0.05, 0.1) is 17.6 Å². The summed E-state index contributed by atoms with van der Waals surface area (Å²) in [6, 6.07) is 1.90. The van der Waals surface area contributed by atoms with Crippen molar-refractivity contribution < 1.29 is 0 Å². The van der Waals surface area contributed by atoms with Crippen molar-refractivity contribution in [2.24, 2.45) is 0 Å². The second-order valence-corrected chi connectivity index (χ2v) is 3.09. The molecule has 2 aromatic heterocycles. The molecular formula is C9H10N4O. The smallest absolute Gasteiger partial charge is 0.345 e. The maximum atomic E-state index is 11.0. The number of anilines is 1. The number of nitrogens with two attached hydrogens (primary N) is 1. The van der Waals surface area contributed by atoms with E-state index in [9.17, 15) is 4.79 Å². The van der Waals surface area contributed by atoms with E-state index in [1.54, 1.807) is 6.20 Å². The van der Waals surface area contributed by atoms with Crippen LogP contribution in [0.4, 0.5) is 5.69 Å². The van der Waals surface area contributed by atoms with Gasteiger partial charge in [-0.05, 0) is 13.0 Å². The van der Waals surface area contributed by atoms with E-state index < -0.39 is 5.69 Å². The van der Waals surface area contributed by atoms with Crippen molar-refractivity contribution >= 4 is 5.69 Å². The molecule has 0 bridgehead atoms. The standard InChI is InChI=1S/C9H10N4O/c1-5-2-6(3-11-5)8-7(10)4-12-9(14)13-8/h2-4,11H,10H2,1H3,(H,12,13,14). The summed E-state index contributed by atoms with van der Waals surface area (Å²) in [4.78, 5) is 20.1. The second-order valence-electron chi connectivity index (χ2n) is 3.09. The third kappa shape index (κ3) is 1.39.